The van der Waals surface area contributed by atoms with Crippen molar-refractivity contribution in [1.29, 1.82) is 0 Å². The topological polar surface area (TPSA) is 99.8 Å². The van der Waals surface area contributed by atoms with Gasteiger partial charge in [0.2, 0.25) is 5.91 Å². The van der Waals surface area contributed by atoms with E-state index in [0.29, 0.717) is 32.8 Å². The monoisotopic (exact) mass is 286 g/mol. The Morgan fingerprint density at radius 2 is 2.00 bits per heavy atom. The molecule has 8 heteroatoms. The zero-order valence-corrected chi connectivity index (χ0v) is 11.7. The van der Waals surface area contributed by atoms with Gasteiger partial charge in [-0.1, -0.05) is 0 Å². The first-order chi connectivity index (χ1) is 9.65. The predicted octanol–water partition coefficient (Wildman–Crippen LogP) is -2.31. The maximum Gasteiger partial charge on any atom is 0.311 e. The van der Waals surface area contributed by atoms with Gasteiger partial charge in [-0.2, -0.15) is 0 Å². The Morgan fingerprint density at radius 3 is 2.75 bits per heavy atom. The van der Waals surface area contributed by atoms with Crippen LogP contribution in [0.2, 0.25) is 0 Å². The van der Waals surface area contributed by atoms with E-state index in [2.05, 4.69) is 16.0 Å². The Balaban J connectivity index is 2.26. The molecule has 0 atom stereocenters. The van der Waals surface area contributed by atoms with Crippen LogP contribution in [-0.2, 0) is 19.1 Å². The molecule has 0 radical (unpaired) electrons. The number of ether oxygens (including phenoxy) is 1. The molecule has 0 unspecified atom stereocenters. The number of carbonyl (C=O) groups excluding carboxylic acids is 3. The van der Waals surface area contributed by atoms with Crippen molar-refractivity contribution in [2.45, 2.75) is 6.42 Å². The van der Waals surface area contributed by atoms with E-state index >= 15 is 0 Å². The fraction of sp³-hybridized carbons (Fsp3) is 0.750. The second kappa shape index (κ2) is 9.27. The van der Waals surface area contributed by atoms with Crippen LogP contribution in [0, 0.1) is 0 Å². The average Bonchev–Trinajstić information content (AvgIpc) is 2.73. The molecular weight excluding hydrogens is 264 g/mol. The van der Waals surface area contributed by atoms with Crippen LogP contribution < -0.4 is 16.0 Å². The molecule has 1 fully saturated rings. The van der Waals surface area contributed by atoms with Gasteiger partial charge in [0, 0.05) is 33.3 Å². The number of amides is 3. The summed E-state index contributed by atoms with van der Waals surface area (Å²) in [5.74, 6) is -1.67. The van der Waals surface area contributed by atoms with Crippen molar-refractivity contribution in [3.63, 3.8) is 0 Å². The van der Waals surface area contributed by atoms with Gasteiger partial charge in [-0.05, 0) is 13.0 Å². The Kier molecular flexibility index (Phi) is 7.59. The highest BCUT2D eigenvalue weighted by Crippen LogP contribution is 1.96. The number of methoxy groups -OCH3 is 1. The molecule has 114 valence electrons. The zero-order valence-electron chi connectivity index (χ0n) is 11.7. The molecule has 1 rings (SSSR count). The lowest BCUT2D eigenvalue weighted by molar-refractivity contribution is -0.146. The summed E-state index contributed by atoms with van der Waals surface area (Å²) < 4.78 is 4.78. The first kappa shape index (κ1) is 16.4. The molecule has 0 aromatic carbocycles. The number of carbonyl (C=O) groups is 3. The number of hydrogen-bond donors (Lipinski definition) is 3. The van der Waals surface area contributed by atoms with E-state index in [0.717, 1.165) is 13.0 Å². The van der Waals surface area contributed by atoms with E-state index in [4.69, 9.17) is 4.74 Å². The minimum absolute atomic E-state index is 0.208. The van der Waals surface area contributed by atoms with Crippen LogP contribution >= 0.6 is 0 Å². The molecule has 0 aromatic heterocycles. The molecule has 0 saturated carbocycles. The van der Waals surface area contributed by atoms with Crippen LogP contribution in [0.5, 0.6) is 0 Å². The van der Waals surface area contributed by atoms with Crippen molar-refractivity contribution in [2.75, 3.05) is 53.0 Å². The van der Waals surface area contributed by atoms with Gasteiger partial charge in [0.05, 0.1) is 13.2 Å². The molecule has 0 spiro atoms. The summed E-state index contributed by atoms with van der Waals surface area (Å²) >= 11 is 0. The molecule has 1 aliphatic rings. The normalized spacial score (nSPS) is 15.3. The van der Waals surface area contributed by atoms with Crippen molar-refractivity contribution in [3.8, 4) is 0 Å². The summed E-state index contributed by atoms with van der Waals surface area (Å²) in [5.41, 5.74) is 0. The number of hydrogen-bond acceptors (Lipinski definition) is 5. The number of nitrogens with zero attached hydrogens (tertiary/aromatic N) is 1. The van der Waals surface area contributed by atoms with E-state index in [1.54, 1.807) is 0 Å². The van der Waals surface area contributed by atoms with Crippen LogP contribution in [0.4, 0.5) is 0 Å². The molecule has 3 amide bonds. The average molecular weight is 286 g/mol. The van der Waals surface area contributed by atoms with Crippen LogP contribution in [-0.4, -0.2) is 75.6 Å². The first-order valence-electron chi connectivity index (χ1n) is 6.68. The van der Waals surface area contributed by atoms with Gasteiger partial charge in [0.1, 0.15) is 0 Å². The van der Waals surface area contributed by atoms with E-state index in [9.17, 15) is 14.4 Å². The van der Waals surface area contributed by atoms with Gasteiger partial charge in [-0.25, -0.2) is 0 Å². The van der Waals surface area contributed by atoms with Crippen LogP contribution in [0.15, 0.2) is 0 Å². The Hall–Kier alpha value is -1.67. The Morgan fingerprint density at radius 1 is 1.20 bits per heavy atom. The lowest BCUT2D eigenvalue weighted by atomic mass is 10.3. The molecule has 1 heterocycles. The van der Waals surface area contributed by atoms with Gasteiger partial charge in [-0.3, -0.25) is 14.4 Å². The summed E-state index contributed by atoms with van der Waals surface area (Å²) in [6.45, 7) is 3.14. The highest BCUT2D eigenvalue weighted by Gasteiger charge is 2.22. The SMILES string of the molecule is COCCNC(=O)CNC(=O)C(=O)N1CCCNCC1. The summed E-state index contributed by atoms with van der Waals surface area (Å²) in [5, 5.41) is 8.03. The second-order valence-corrected chi connectivity index (χ2v) is 4.42. The predicted molar refractivity (Wildman–Crippen MR) is 72.0 cm³/mol. The fourth-order valence-electron chi connectivity index (χ4n) is 1.78. The van der Waals surface area contributed by atoms with Crippen LogP contribution in [0.25, 0.3) is 0 Å². The summed E-state index contributed by atoms with van der Waals surface area (Å²) in [6.07, 6.45) is 0.816. The van der Waals surface area contributed by atoms with E-state index in [1.165, 1.54) is 12.0 Å². The number of nitrogens with one attached hydrogen (secondary N) is 3. The standard InChI is InChI=1S/C12H22N4O4/c1-20-8-5-14-10(17)9-15-11(18)12(19)16-6-2-3-13-4-7-16/h13H,2-9H2,1H3,(H,14,17)(H,15,18). The zero-order chi connectivity index (χ0) is 14.8. The highest BCUT2D eigenvalue weighted by molar-refractivity contribution is 6.35. The van der Waals surface area contributed by atoms with Gasteiger partial charge in [0.25, 0.3) is 0 Å². The molecular formula is C12H22N4O4. The molecule has 1 aliphatic heterocycles. The van der Waals surface area contributed by atoms with Gasteiger partial charge >= 0.3 is 11.8 Å². The minimum Gasteiger partial charge on any atom is -0.383 e. The van der Waals surface area contributed by atoms with Crippen molar-refractivity contribution < 1.29 is 19.1 Å². The lowest BCUT2D eigenvalue weighted by Gasteiger charge is -2.18. The smallest absolute Gasteiger partial charge is 0.311 e. The molecule has 0 aliphatic carbocycles. The van der Waals surface area contributed by atoms with Crippen LogP contribution in [0.1, 0.15) is 6.42 Å². The quantitative estimate of drug-likeness (QED) is 0.389. The molecule has 20 heavy (non-hydrogen) atoms. The van der Waals surface area contributed by atoms with E-state index in [1.807, 2.05) is 0 Å². The van der Waals surface area contributed by atoms with E-state index in [-0.39, 0.29) is 12.5 Å². The van der Waals surface area contributed by atoms with E-state index < -0.39 is 11.8 Å². The highest BCUT2D eigenvalue weighted by atomic mass is 16.5. The first-order valence-corrected chi connectivity index (χ1v) is 6.68. The van der Waals surface area contributed by atoms with Gasteiger partial charge in [-0.15, -0.1) is 0 Å². The maximum atomic E-state index is 11.9. The number of rotatable bonds is 5. The van der Waals surface area contributed by atoms with Gasteiger partial charge in [0.15, 0.2) is 0 Å². The van der Waals surface area contributed by atoms with Crippen LogP contribution in [0.3, 0.4) is 0 Å². The molecule has 3 N–H and O–H groups in total. The third-order valence-corrected chi connectivity index (χ3v) is 2.86. The lowest BCUT2D eigenvalue weighted by Crippen LogP contribution is -2.47. The minimum atomic E-state index is -0.742. The molecule has 1 saturated heterocycles. The van der Waals surface area contributed by atoms with Crippen molar-refractivity contribution >= 4 is 17.7 Å². The van der Waals surface area contributed by atoms with Crippen molar-refractivity contribution in [3.05, 3.63) is 0 Å². The fourth-order valence-corrected chi connectivity index (χ4v) is 1.78. The summed E-state index contributed by atoms with van der Waals surface area (Å²) in [6, 6.07) is 0. The molecule has 8 nitrogen and oxygen atoms in total. The Labute approximate surface area is 118 Å². The summed E-state index contributed by atoms with van der Waals surface area (Å²) in [4.78, 5) is 36.4. The molecule has 0 bridgehead atoms. The van der Waals surface area contributed by atoms with Crippen molar-refractivity contribution in [2.24, 2.45) is 0 Å². The molecule has 0 aromatic rings. The third kappa shape index (κ3) is 5.98. The summed E-state index contributed by atoms with van der Waals surface area (Å²) in [7, 11) is 1.53. The van der Waals surface area contributed by atoms with Gasteiger partial charge < -0.3 is 25.6 Å². The van der Waals surface area contributed by atoms with Crippen molar-refractivity contribution in [1.82, 2.24) is 20.9 Å². The largest absolute Gasteiger partial charge is 0.383 e. The second-order valence-electron chi connectivity index (χ2n) is 4.42. The maximum absolute atomic E-state index is 11.9. The Bertz CT molecular complexity index is 340. The third-order valence-electron chi connectivity index (χ3n) is 2.86.